The normalized spacial score (nSPS) is 23.3. The van der Waals surface area contributed by atoms with Gasteiger partial charge >= 0.3 is 0 Å². The van der Waals surface area contributed by atoms with Crippen molar-refractivity contribution in [2.45, 2.75) is 45.3 Å². The second kappa shape index (κ2) is 5.98. The molecule has 3 heteroatoms. The van der Waals surface area contributed by atoms with E-state index in [1.165, 1.54) is 23.8 Å². The summed E-state index contributed by atoms with van der Waals surface area (Å²) in [6, 6.07) is 8.17. The highest BCUT2D eigenvalue weighted by Gasteiger charge is 2.22. The number of aliphatic hydroxyl groups is 1. The van der Waals surface area contributed by atoms with Gasteiger partial charge in [-0.15, -0.1) is 0 Å². The predicted molar refractivity (Wildman–Crippen MR) is 80.6 cm³/mol. The summed E-state index contributed by atoms with van der Waals surface area (Å²) in [5, 5.41) is 14.7. The smallest absolute Gasteiger partial charge is 0.134 e. The molecule has 1 saturated carbocycles. The van der Waals surface area contributed by atoms with E-state index in [-0.39, 0.29) is 6.10 Å². The van der Waals surface area contributed by atoms with Gasteiger partial charge in [0.2, 0.25) is 0 Å². The third kappa shape index (κ3) is 2.74. The molecule has 1 aromatic heterocycles. The molecule has 2 N–H and O–H groups in total. The van der Waals surface area contributed by atoms with Crippen LogP contribution in [0.15, 0.2) is 28.7 Å². The predicted octanol–water partition coefficient (Wildman–Crippen LogP) is 3.38. The third-order valence-electron chi connectivity index (χ3n) is 4.48. The van der Waals surface area contributed by atoms with E-state index in [2.05, 4.69) is 11.4 Å². The second-order valence-corrected chi connectivity index (χ2v) is 5.88. The molecule has 2 aromatic rings. The number of para-hydroxylation sites is 1. The second-order valence-electron chi connectivity index (χ2n) is 5.88. The van der Waals surface area contributed by atoms with Gasteiger partial charge in [-0.2, -0.15) is 0 Å². The van der Waals surface area contributed by atoms with Crippen LogP contribution in [0.25, 0.3) is 11.0 Å². The summed E-state index contributed by atoms with van der Waals surface area (Å²) in [6.07, 6.45) is 4.39. The standard InChI is InChI=1S/C17H23NO2/c1-12-15(14-7-3-5-9-17(14)20-12)11-18-10-13-6-2-4-8-16(13)19/h3,5,7,9,13,16,18-19H,2,4,6,8,10-11H2,1H3. The highest BCUT2D eigenvalue weighted by molar-refractivity contribution is 5.82. The van der Waals surface area contributed by atoms with Crippen LogP contribution in [-0.2, 0) is 6.54 Å². The largest absolute Gasteiger partial charge is 0.461 e. The first-order valence-electron chi connectivity index (χ1n) is 7.61. The fourth-order valence-electron chi connectivity index (χ4n) is 3.25. The minimum Gasteiger partial charge on any atom is -0.461 e. The van der Waals surface area contributed by atoms with Crippen molar-refractivity contribution < 1.29 is 9.52 Å². The molecule has 2 unspecified atom stereocenters. The maximum atomic E-state index is 9.99. The lowest BCUT2D eigenvalue weighted by Gasteiger charge is -2.27. The highest BCUT2D eigenvalue weighted by Crippen LogP contribution is 2.26. The van der Waals surface area contributed by atoms with E-state index in [1.54, 1.807) is 0 Å². The van der Waals surface area contributed by atoms with Crippen LogP contribution in [0.2, 0.25) is 0 Å². The Kier molecular flexibility index (Phi) is 4.08. The maximum Gasteiger partial charge on any atom is 0.134 e. The molecule has 3 nitrogen and oxygen atoms in total. The van der Waals surface area contributed by atoms with Crippen molar-refractivity contribution in [1.82, 2.24) is 5.32 Å². The molecular weight excluding hydrogens is 250 g/mol. The van der Waals surface area contributed by atoms with Crippen LogP contribution < -0.4 is 5.32 Å². The maximum absolute atomic E-state index is 9.99. The third-order valence-corrected chi connectivity index (χ3v) is 4.48. The monoisotopic (exact) mass is 273 g/mol. The minimum absolute atomic E-state index is 0.126. The van der Waals surface area contributed by atoms with Crippen molar-refractivity contribution in [3.63, 3.8) is 0 Å². The van der Waals surface area contributed by atoms with E-state index in [4.69, 9.17) is 4.42 Å². The lowest BCUT2D eigenvalue weighted by atomic mass is 9.86. The molecule has 1 aromatic carbocycles. The Balaban J connectivity index is 1.63. The van der Waals surface area contributed by atoms with Gasteiger partial charge in [-0.05, 0) is 31.7 Å². The number of fused-ring (bicyclic) bond motifs is 1. The molecule has 2 atom stereocenters. The van der Waals surface area contributed by atoms with Crippen molar-refractivity contribution >= 4 is 11.0 Å². The van der Waals surface area contributed by atoms with Crippen molar-refractivity contribution in [3.8, 4) is 0 Å². The number of nitrogens with one attached hydrogen (secondary N) is 1. The summed E-state index contributed by atoms with van der Waals surface area (Å²) >= 11 is 0. The van der Waals surface area contributed by atoms with E-state index >= 15 is 0 Å². The zero-order valence-electron chi connectivity index (χ0n) is 12.1. The molecule has 0 spiro atoms. The zero-order chi connectivity index (χ0) is 13.9. The van der Waals surface area contributed by atoms with Crippen LogP contribution in [0.4, 0.5) is 0 Å². The molecule has 1 fully saturated rings. The Hall–Kier alpha value is -1.32. The van der Waals surface area contributed by atoms with Gasteiger partial charge in [-0.25, -0.2) is 0 Å². The van der Waals surface area contributed by atoms with Crippen LogP contribution in [0.5, 0.6) is 0 Å². The lowest BCUT2D eigenvalue weighted by molar-refractivity contribution is 0.0695. The Morgan fingerprint density at radius 3 is 2.90 bits per heavy atom. The van der Waals surface area contributed by atoms with Gasteiger partial charge in [-0.3, -0.25) is 0 Å². The van der Waals surface area contributed by atoms with Gasteiger partial charge in [0.15, 0.2) is 0 Å². The molecule has 0 saturated heterocycles. The van der Waals surface area contributed by atoms with Crippen LogP contribution >= 0.6 is 0 Å². The Morgan fingerprint density at radius 1 is 1.25 bits per heavy atom. The quantitative estimate of drug-likeness (QED) is 0.897. The first-order chi connectivity index (χ1) is 9.75. The summed E-state index contributed by atoms with van der Waals surface area (Å²) in [5.41, 5.74) is 2.20. The van der Waals surface area contributed by atoms with Crippen LogP contribution in [0, 0.1) is 12.8 Å². The number of hydrogen-bond donors (Lipinski definition) is 2. The highest BCUT2D eigenvalue weighted by atomic mass is 16.3. The summed E-state index contributed by atoms with van der Waals surface area (Å²) in [5.74, 6) is 1.39. The molecule has 1 aliphatic carbocycles. The van der Waals surface area contributed by atoms with Crippen molar-refractivity contribution in [3.05, 3.63) is 35.6 Å². The molecule has 1 aliphatic rings. The van der Waals surface area contributed by atoms with Crippen molar-refractivity contribution in [1.29, 1.82) is 0 Å². The summed E-state index contributed by atoms with van der Waals surface area (Å²) in [4.78, 5) is 0. The number of aryl methyl sites for hydroxylation is 1. The Labute approximate surface area is 120 Å². The molecule has 0 amide bonds. The minimum atomic E-state index is -0.126. The number of benzene rings is 1. The first-order valence-corrected chi connectivity index (χ1v) is 7.61. The molecule has 108 valence electrons. The van der Waals surface area contributed by atoms with Gasteiger partial charge in [-0.1, -0.05) is 31.0 Å². The van der Waals surface area contributed by atoms with Gasteiger partial charge in [0.25, 0.3) is 0 Å². The van der Waals surface area contributed by atoms with Gasteiger partial charge in [0.1, 0.15) is 11.3 Å². The van der Waals surface area contributed by atoms with Crippen molar-refractivity contribution in [2.24, 2.45) is 5.92 Å². The summed E-state index contributed by atoms with van der Waals surface area (Å²) < 4.78 is 5.77. The molecule has 0 aliphatic heterocycles. The molecule has 20 heavy (non-hydrogen) atoms. The molecule has 3 rings (SSSR count). The lowest BCUT2D eigenvalue weighted by Crippen LogP contribution is -2.33. The molecular formula is C17H23NO2. The molecule has 1 heterocycles. The molecule has 0 radical (unpaired) electrons. The fraction of sp³-hybridized carbons (Fsp3) is 0.529. The van der Waals surface area contributed by atoms with E-state index in [0.29, 0.717) is 5.92 Å². The van der Waals surface area contributed by atoms with E-state index in [9.17, 15) is 5.11 Å². The van der Waals surface area contributed by atoms with Gasteiger partial charge < -0.3 is 14.8 Å². The Morgan fingerprint density at radius 2 is 2.05 bits per heavy atom. The number of rotatable bonds is 4. The molecule has 0 bridgehead atoms. The Bertz CT molecular complexity index is 575. The average molecular weight is 273 g/mol. The van der Waals surface area contributed by atoms with E-state index in [0.717, 1.165) is 37.3 Å². The number of hydrogen-bond acceptors (Lipinski definition) is 3. The van der Waals surface area contributed by atoms with E-state index < -0.39 is 0 Å². The SMILES string of the molecule is Cc1oc2ccccc2c1CNCC1CCCCC1O. The van der Waals surface area contributed by atoms with E-state index in [1.807, 2.05) is 25.1 Å². The van der Waals surface area contributed by atoms with Gasteiger partial charge in [0.05, 0.1) is 6.10 Å². The fourth-order valence-corrected chi connectivity index (χ4v) is 3.25. The summed E-state index contributed by atoms with van der Waals surface area (Å²) in [6.45, 7) is 3.72. The first kappa shape index (κ1) is 13.7. The van der Waals surface area contributed by atoms with Crippen molar-refractivity contribution in [2.75, 3.05) is 6.54 Å². The summed E-state index contributed by atoms with van der Waals surface area (Å²) in [7, 11) is 0. The zero-order valence-corrected chi connectivity index (χ0v) is 12.1. The van der Waals surface area contributed by atoms with Gasteiger partial charge in [0, 0.05) is 24.0 Å². The van der Waals surface area contributed by atoms with Crippen LogP contribution in [-0.4, -0.2) is 17.8 Å². The number of aliphatic hydroxyl groups excluding tert-OH is 1. The average Bonchev–Trinajstić information content (AvgIpc) is 2.77. The van der Waals surface area contributed by atoms with Crippen LogP contribution in [0.3, 0.4) is 0 Å². The topological polar surface area (TPSA) is 45.4 Å². The number of furan rings is 1. The van der Waals surface area contributed by atoms with Crippen LogP contribution in [0.1, 0.15) is 37.0 Å².